The van der Waals surface area contributed by atoms with Crippen molar-refractivity contribution in [1.82, 2.24) is 15.5 Å². The molecule has 0 saturated carbocycles. The summed E-state index contributed by atoms with van der Waals surface area (Å²) in [6.07, 6.45) is 0. The van der Waals surface area contributed by atoms with E-state index < -0.39 is 20.7 Å². The van der Waals surface area contributed by atoms with Gasteiger partial charge in [-0.25, -0.2) is 12.8 Å². The van der Waals surface area contributed by atoms with Crippen LogP contribution in [0.4, 0.5) is 9.52 Å². The van der Waals surface area contributed by atoms with E-state index in [9.17, 15) is 12.8 Å². The van der Waals surface area contributed by atoms with E-state index in [1.807, 2.05) is 0 Å². The number of anilines is 1. The van der Waals surface area contributed by atoms with Gasteiger partial charge >= 0.3 is 0 Å². The summed E-state index contributed by atoms with van der Waals surface area (Å²) < 4.78 is 40.6. The quantitative estimate of drug-likeness (QED) is 0.870. The van der Waals surface area contributed by atoms with Crippen LogP contribution in [0.2, 0.25) is 5.02 Å². The van der Waals surface area contributed by atoms with E-state index in [1.54, 1.807) is 7.05 Å². The first-order chi connectivity index (χ1) is 9.44. The molecule has 108 valence electrons. The fraction of sp³-hybridized carbons (Fsp3) is 0.200. The third kappa shape index (κ3) is 3.23. The maximum Gasteiger partial charge on any atom is 0.266 e. The predicted molar refractivity (Wildman–Crippen MR) is 74.9 cm³/mol. The van der Waals surface area contributed by atoms with Crippen molar-refractivity contribution in [3.05, 3.63) is 34.0 Å². The minimum absolute atomic E-state index is 0.0551. The first-order valence-electron chi connectivity index (χ1n) is 5.35. The molecule has 0 bridgehead atoms. The summed E-state index contributed by atoms with van der Waals surface area (Å²) in [5.74, 6) is -0.847. The monoisotopic (exact) mass is 336 g/mol. The largest absolute Gasteiger partial charge is 0.316 e. The third-order valence-electron chi connectivity index (χ3n) is 2.32. The summed E-state index contributed by atoms with van der Waals surface area (Å²) in [5.41, 5.74) is 1.52. The van der Waals surface area contributed by atoms with Gasteiger partial charge in [-0.05, 0) is 19.2 Å². The van der Waals surface area contributed by atoms with Crippen molar-refractivity contribution in [3.63, 3.8) is 0 Å². The van der Waals surface area contributed by atoms with Crippen molar-refractivity contribution < 1.29 is 12.8 Å². The number of benzene rings is 1. The number of aromatic nitrogens is 2. The SMILES string of the molecule is CNCc1cc(Cl)cc(S(=O)(=O)Nc2nncs2)c1F. The van der Waals surface area contributed by atoms with E-state index in [1.165, 1.54) is 11.6 Å². The number of nitrogens with zero attached hydrogens (tertiary/aromatic N) is 2. The van der Waals surface area contributed by atoms with Crippen molar-refractivity contribution in [2.75, 3.05) is 11.8 Å². The zero-order valence-corrected chi connectivity index (χ0v) is 12.6. The highest BCUT2D eigenvalue weighted by Crippen LogP contribution is 2.25. The van der Waals surface area contributed by atoms with Crippen LogP contribution in [-0.2, 0) is 16.6 Å². The van der Waals surface area contributed by atoms with Gasteiger partial charge in [0.15, 0.2) is 0 Å². The highest BCUT2D eigenvalue weighted by Gasteiger charge is 2.23. The molecule has 6 nitrogen and oxygen atoms in total. The second kappa shape index (κ2) is 6.00. The molecule has 2 N–H and O–H groups in total. The Balaban J connectivity index is 2.45. The molecule has 0 radical (unpaired) electrons. The van der Waals surface area contributed by atoms with Gasteiger partial charge in [-0.1, -0.05) is 22.9 Å². The van der Waals surface area contributed by atoms with Gasteiger partial charge in [0.2, 0.25) is 5.13 Å². The third-order valence-corrected chi connectivity index (χ3v) is 4.61. The first-order valence-corrected chi connectivity index (χ1v) is 8.09. The van der Waals surface area contributed by atoms with E-state index in [2.05, 4.69) is 20.2 Å². The lowest BCUT2D eigenvalue weighted by Gasteiger charge is -2.10. The van der Waals surface area contributed by atoms with Crippen LogP contribution in [0.3, 0.4) is 0 Å². The summed E-state index contributed by atoms with van der Waals surface area (Å²) in [5, 5.41) is 9.98. The van der Waals surface area contributed by atoms with Crippen LogP contribution in [-0.4, -0.2) is 25.7 Å². The Hall–Kier alpha value is -1.29. The van der Waals surface area contributed by atoms with Crippen molar-refractivity contribution in [2.24, 2.45) is 0 Å². The van der Waals surface area contributed by atoms with Crippen LogP contribution in [0.15, 0.2) is 22.5 Å². The van der Waals surface area contributed by atoms with Crippen molar-refractivity contribution >= 4 is 38.1 Å². The molecule has 0 aliphatic carbocycles. The molecule has 0 amide bonds. The highest BCUT2D eigenvalue weighted by atomic mass is 35.5. The number of halogens is 2. The number of sulfonamides is 1. The molecular weight excluding hydrogens is 327 g/mol. The standard InChI is InChI=1S/C10H10ClFN4O2S2/c1-13-4-6-2-7(11)3-8(9(6)12)20(17,18)16-10-15-14-5-19-10/h2-3,5,13H,4H2,1H3,(H,15,16). The van der Waals surface area contributed by atoms with Crippen molar-refractivity contribution in [3.8, 4) is 0 Å². The molecule has 20 heavy (non-hydrogen) atoms. The van der Waals surface area contributed by atoms with Gasteiger partial charge in [-0.15, -0.1) is 10.2 Å². The Labute approximate surface area is 124 Å². The average Bonchev–Trinajstić information content (AvgIpc) is 2.85. The Kier molecular flexibility index (Phi) is 4.53. The summed E-state index contributed by atoms with van der Waals surface area (Å²) in [6, 6.07) is 2.43. The number of rotatable bonds is 5. The normalized spacial score (nSPS) is 11.6. The highest BCUT2D eigenvalue weighted by molar-refractivity contribution is 7.93. The maximum absolute atomic E-state index is 14.2. The smallest absolute Gasteiger partial charge is 0.266 e. The van der Waals surface area contributed by atoms with E-state index in [0.717, 1.165) is 17.4 Å². The van der Waals surface area contributed by atoms with Gasteiger partial charge in [0.05, 0.1) is 0 Å². The number of nitrogens with one attached hydrogen (secondary N) is 2. The van der Waals surface area contributed by atoms with Crippen LogP contribution in [0.1, 0.15) is 5.56 Å². The first kappa shape index (κ1) is 15.1. The lowest BCUT2D eigenvalue weighted by molar-refractivity contribution is 0.556. The zero-order chi connectivity index (χ0) is 14.8. The Bertz CT molecular complexity index is 706. The Morgan fingerprint density at radius 2 is 2.20 bits per heavy atom. The second-order valence-electron chi connectivity index (χ2n) is 3.76. The van der Waals surface area contributed by atoms with E-state index in [4.69, 9.17) is 11.6 Å². The lowest BCUT2D eigenvalue weighted by Crippen LogP contribution is -2.17. The summed E-state index contributed by atoms with van der Waals surface area (Å²) in [4.78, 5) is -0.523. The molecule has 0 aliphatic heterocycles. The molecule has 0 fully saturated rings. The van der Waals surface area contributed by atoms with Crippen molar-refractivity contribution in [2.45, 2.75) is 11.4 Å². The Morgan fingerprint density at radius 1 is 1.45 bits per heavy atom. The lowest BCUT2D eigenvalue weighted by atomic mass is 10.2. The molecule has 0 saturated heterocycles. The molecule has 0 unspecified atom stereocenters. The van der Waals surface area contributed by atoms with Gasteiger partial charge in [0.1, 0.15) is 16.2 Å². The van der Waals surface area contributed by atoms with Crippen LogP contribution in [0.25, 0.3) is 0 Å². The second-order valence-corrected chi connectivity index (χ2v) is 6.68. The van der Waals surface area contributed by atoms with Gasteiger partial charge in [-0.2, -0.15) is 0 Å². The van der Waals surface area contributed by atoms with E-state index in [0.29, 0.717) is 0 Å². The zero-order valence-electron chi connectivity index (χ0n) is 10.2. The summed E-state index contributed by atoms with van der Waals surface area (Å²) in [7, 11) is -2.49. The minimum Gasteiger partial charge on any atom is -0.316 e. The molecule has 0 atom stereocenters. The van der Waals surface area contributed by atoms with Crippen LogP contribution in [0.5, 0.6) is 0 Å². The summed E-state index contributed by atoms with van der Waals surface area (Å²) >= 11 is 6.82. The fourth-order valence-corrected chi connectivity index (χ4v) is 3.67. The maximum atomic E-state index is 14.2. The van der Waals surface area contributed by atoms with Gasteiger partial charge in [-0.3, -0.25) is 4.72 Å². The molecule has 1 aromatic heterocycles. The summed E-state index contributed by atoms with van der Waals surface area (Å²) in [6.45, 7) is 0.160. The van der Waals surface area contributed by atoms with Gasteiger partial charge in [0.25, 0.3) is 10.0 Å². The van der Waals surface area contributed by atoms with Gasteiger partial charge < -0.3 is 5.32 Å². The topological polar surface area (TPSA) is 84.0 Å². The van der Waals surface area contributed by atoms with E-state index in [-0.39, 0.29) is 22.3 Å². The molecular formula is C10H10ClFN4O2S2. The minimum atomic E-state index is -4.11. The fourth-order valence-electron chi connectivity index (χ4n) is 1.52. The molecule has 0 aliphatic rings. The van der Waals surface area contributed by atoms with Crippen LogP contribution >= 0.6 is 22.9 Å². The molecule has 10 heteroatoms. The number of hydrogen-bond acceptors (Lipinski definition) is 6. The predicted octanol–water partition coefficient (Wildman–Crippen LogP) is 1.85. The number of hydrogen-bond donors (Lipinski definition) is 2. The van der Waals surface area contributed by atoms with Crippen molar-refractivity contribution in [1.29, 1.82) is 0 Å². The molecule has 2 aromatic rings. The molecule has 1 aromatic carbocycles. The van der Waals surface area contributed by atoms with Gasteiger partial charge in [0, 0.05) is 17.1 Å². The average molecular weight is 337 g/mol. The molecule has 2 rings (SSSR count). The van der Waals surface area contributed by atoms with Crippen LogP contribution < -0.4 is 10.0 Å². The molecule has 0 spiro atoms. The van der Waals surface area contributed by atoms with Crippen LogP contribution in [0, 0.1) is 5.82 Å². The molecule has 1 heterocycles. The Morgan fingerprint density at radius 3 is 2.80 bits per heavy atom. The van der Waals surface area contributed by atoms with E-state index >= 15 is 0 Å².